The molecule has 6 rings (SSSR count). The van der Waals surface area contributed by atoms with Crippen molar-refractivity contribution >= 4 is 28.1 Å². The van der Waals surface area contributed by atoms with Crippen LogP contribution in [0, 0.1) is 23.1 Å². The normalized spacial score (nSPS) is 17.1. The zero-order chi connectivity index (χ0) is 22.4. The molecule has 1 saturated heterocycles. The molecule has 5 aromatic rings. The van der Waals surface area contributed by atoms with E-state index in [2.05, 4.69) is 31.1 Å². The number of halogens is 1. The maximum atomic E-state index is 14.0. The van der Waals surface area contributed by atoms with E-state index >= 15 is 0 Å². The van der Waals surface area contributed by atoms with Crippen molar-refractivity contribution in [2.45, 2.75) is 18.9 Å². The first kappa shape index (κ1) is 19.4. The van der Waals surface area contributed by atoms with E-state index in [4.69, 9.17) is 4.42 Å². The monoisotopic (exact) mass is 444 g/mol. The number of rotatable bonds is 5. The predicted octanol–water partition coefficient (Wildman–Crippen LogP) is 4.33. The maximum absolute atomic E-state index is 14.0. The predicted molar refractivity (Wildman–Crippen MR) is 121 cm³/mol. The number of fused-ring (bicyclic) bond motifs is 2. The van der Waals surface area contributed by atoms with Crippen molar-refractivity contribution < 1.29 is 10.2 Å². The van der Waals surface area contributed by atoms with Crippen LogP contribution in [0.3, 0.4) is 0 Å². The van der Waals surface area contributed by atoms with E-state index in [1.165, 1.54) is 12.4 Å². The number of hydrogen-bond acceptors (Lipinski definition) is 7. The summed E-state index contributed by atoms with van der Waals surface area (Å²) in [6.45, 7) is 1.36. The van der Waals surface area contributed by atoms with Crippen LogP contribution in [0.25, 0.3) is 33.4 Å². The SMILES string of the molecule is N#CCC(C1CCN(c2nc3cccc(F)c3o2)C1)n1cc(-c2ncnc3[nH]ccc23)cn1.[HH]. The fourth-order valence-electron chi connectivity index (χ4n) is 4.63. The number of nitriles is 1. The highest BCUT2D eigenvalue weighted by atomic mass is 19.1. The summed E-state index contributed by atoms with van der Waals surface area (Å²) in [5, 5.41) is 15.0. The van der Waals surface area contributed by atoms with Crippen LogP contribution < -0.4 is 4.90 Å². The Hall–Kier alpha value is -4.26. The lowest BCUT2D eigenvalue weighted by atomic mass is 9.96. The number of anilines is 1. The van der Waals surface area contributed by atoms with E-state index in [1.807, 2.05) is 28.0 Å². The first-order chi connectivity index (χ1) is 16.2. The lowest BCUT2D eigenvalue weighted by molar-refractivity contribution is 0.331. The van der Waals surface area contributed by atoms with E-state index in [1.54, 1.807) is 18.3 Å². The second-order valence-electron chi connectivity index (χ2n) is 8.18. The second kappa shape index (κ2) is 7.70. The third-order valence-corrected chi connectivity index (χ3v) is 6.26. The van der Waals surface area contributed by atoms with Crippen molar-refractivity contribution in [3.05, 3.63) is 55.0 Å². The molecule has 0 bridgehead atoms. The molecule has 2 atom stereocenters. The Morgan fingerprint density at radius 1 is 1.33 bits per heavy atom. The molecule has 9 nitrogen and oxygen atoms in total. The van der Waals surface area contributed by atoms with Crippen molar-refractivity contribution in [2.75, 3.05) is 18.0 Å². The van der Waals surface area contributed by atoms with Gasteiger partial charge in [-0.05, 0) is 24.6 Å². The lowest BCUT2D eigenvalue weighted by Gasteiger charge is -2.22. The van der Waals surface area contributed by atoms with Crippen LogP contribution in [0.4, 0.5) is 10.4 Å². The first-order valence-corrected chi connectivity index (χ1v) is 10.7. The summed E-state index contributed by atoms with van der Waals surface area (Å²) in [6, 6.07) is 9.25. The topological polar surface area (TPSA) is 112 Å². The third-order valence-electron chi connectivity index (χ3n) is 6.26. The van der Waals surface area contributed by atoms with Gasteiger partial charge in [0.15, 0.2) is 11.4 Å². The largest absolute Gasteiger partial charge is 0.420 e. The number of nitrogens with one attached hydrogen (secondary N) is 1. The molecule has 1 fully saturated rings. The van der Waals surface area contributed by atoms with Gasteiger partial charge in [-0.3, -0.25) is 4.68 Å². The summed E-state index contributed by atoms with van der Waals surface area (Å²) in [4.78, 5) is 18.2. The van der Waals surface area contributed by atoms with Gasteiger partial charge in [-0.15, -0.1) is 0 Å². The van der Waals surface area contributed by atoms with Gasteiger partial charge in [0.25, 0.3) is 6.01 Å². The average molecular weight is 444 g/mol. The number of nitrogens with zero attached hydrogens (tertiary/aromatic N) is 7. The van der Waals surface area contributed by atoms with Gasteiger partial charge >= 0.3 is 0 Å². The zero-order valence-corrected chi connectivity index (χ0v) is 17.5. The van der Waals surface area contributed by atoms with E-state index in [-0.39, 0.29) is 19.0 Å². The molecule has 33 heavy (non-hydrogen) atoms. The van der Waals surface area contributed by atoms with Crippen molar-refractivity contribution in [1.29, 1.82) is 5.26 Å². The van der Waals surface area contributed by atoms with Gasteiger partial charge in [-0.25, -0.2) is 14.4 Å². The second-order valence-corrected chi connectivity index (χ2v) is 8.18. The minimum atomic E-state index is -0.422. The number of benzene rings is 1. The molecule has 0 aliphatic carbocycles. The fourth-order valence-corrected chi connectivity index (χ4v) is 4.63. The molecule has 166 valence electrons. The Kier molecular flexibility index (Phi) is 4.54. The summed E-state index contributed by atoms with van der Waals surface area (Å²) < 4.78 is 21.6. The van der Waals surface area contributed by atoms with Crippen LogP contribution in [0.15, 0.2) is 53.6 Å². The van der Waals surface area contributed by atoms with Gasteiger partial charge in [-0.2, -0.15) is 15.3 Å². The van der Waals surface area contributed by atoms with Crippen LogP contribution in [-0.2, 0) is 0 Å². The van der Waals surface area contributed by atoms with Crippen LogP contribution >= 0.6 is 0 Å². The molecule has 1 N–H and O–H groups in total. The lowest BCUT2D eigenvalue weighted by Crippen LogP contribution is -2.25. The first-order valence-electron chi connectivity index (χ1n) is 10.7. The summed E-state index contributed by atoms with van der Waals surface area (Å²) in [7, 11) is 0. The Labute approximate surface area is 189 Å². The van der Waals surface area contributed by atoms with E-state index < -0.39 is 5.82 Å². The number of aromatic nitrogens is 6. The summed E-state index contributed by atoms with van der Waals surface area (Å²) in [5.74, 6) is -0.260. The molecule has 1 aliphatic rings. The van der Waals surface area contributed by atoms with Gasteiger partial charge in [0.05, 0.1) is 30.4 Å². The van der Waals surface area contributed by atoms with Crippen LogP contribution in [-0.4, -0.2) is 42.8 Å². The third kappa shape index (κ3) is 3.29. The molecule has 0 radical (unpaired) electrons. The van der Waals surface area contributed by atoms with Gasteiger partial charge in [0, 0.05) is 43.8 Å². The van der Waals surface area contributed by atoms with Gasteiger partial charge in [0.2, 0.25) is 0 Å². The highest BCUT2D eigenvalue weighted by Crippen LogP contribution is 2.35. The van der Waals surface area contributed by atoms with E-state index in [0.29, 0.717) is 31.0 Å². The van der Waals surface area contributed by atoms with Crippen molar-refractivity contribution in [3.8, 4) is 17.3 Å². The Balaban J connectivity index is 0.00000241. The van der Waals surface area contributed by atoms with Gasteiger partial charge in [-0.1, -0.05) is 6.07 Å². The highest BCUT2D eigenvalue weighted by Gasteiger charge is 2.33. The average Bonchev–Trinajstić information content (AvgIpc) is 3.62. The van der Waals surface area contributed by atoms with Crippen molar-refractivity contribution in [2.24, 2.45) is 5.92 Å². The molecule has 10 heteroatoms. The number of oxazole rings is 1. The van der Waals surface area contributed by atoms with Crippen molar-refractivity contribution in [3.63, 3.8) is 0 Å². The standard InChI is InChI=1S/C23H19FN8O.H2/c24-17-2-1-3-18-21(17)33-23(30-18)31-9-6-14(11-31)19(4-7-25)32-12-15(10-29-32)20-16-5-8-26-22(16)28-13-27-20;/h1-3,5,8,10,12-14,19H,4,6,9,11H2,(H,26,27,28);1H. The molecule has 0 amide bonds. The van der Waals surface area contributed by atoms with Crippen LogP contribution in [0.1, 0.15) is 20.3 Å². The minimum absolute atomic E-state index is 0. The van der Waals surface area contributed by atoms with Crippen LogP contribution in [0.2, 0.25) is 0 Å². The molecule has 2 unspecified atom stereocenters. The molecule has 1 aromatic carbocycles. The van der Waals surface area contributed by atoms with Crippen molar-refractivity contribution in [1.82, 2.24) is 29.7 Å². The summed E-state index contributed by atoms with van der Waals surface area (Å²) in [6.07, 6.45) is 8.24. The number of hydrogen-bond donors (Lipinski definition) is 1. The molecular weight excluding hydrogens is 423 g/mol. The number of para-hydroxylation sites is 1. The molecule has 5 heterocycles. The van der Waals surface area contributed by atoms with E-state index in [9.17, 15) is 9.65 Å². The Morgan fingerprint density at radius 3 is 3.15 bits per heavy atom. The maximum Gasteiger partial charge on any atom is 0.298 e. The molecular formula is C23H21FN8O. The quantitative estimate of drug-likeness (QED) is 0.429. The minimum Gasteiger partial charge on any atom is -0.420 e. The highest BCUT2D eigenvalue weighted by molar-refractivity contribution is 5.90. The number of H-pyrrole nitrogens is 1. The molecule has 0 spiro atoms. The van der Waals surface area contributed by atoms with Gasteiger partial charge < -0.3 is 14.3 Å². The molecule has 1 aliphatic heterocycles. The Bertz CT molecular complexity index is 1500. The fraction of sp³-hybridized carbons (Fsp3) is 0.261. The smallest absolute Gasteiger partial charge is 0.298 e. The summed E-state index contributed by atoms with van der Waals surface area (Å²) in [5.41, 5.74) is 3.10. The Morgan fingerprint density at radius 2 is 2.27 bits per heavy atom. The zero-order valence-electron chi connectivity index (χ0n) is 17.5. The molecule has 4 aromatic heterocycles. The molecule has 0 saturated carbocycles. The summed E-state index contributed by atoms with van der Waals surface area (Å²) >= 11 is 0. The van der Waals surface area contributed by atoms with Crippen LogP contribution in [0.5, 0.6) is 0 Å². The number of aromatic amines is 1. The van der Waals surface area contributed by atoms with Gasteiger partial charge in [0.1, 0.15) is 17.5 Å². The van der Waals surface area contributed by atoms with E-state index in [0.717, 1.165) is 28.7 Å².